The van der Waals surface area contributed by atoms with Gasteiger partial charge in [0.25, 0.3) is 0 Å². The number of thioether (sulfide) groups is 1. The molecule has 1 aromatic heterocycles. The zero-order valence-electron chi connectivity index (χ0n) is 15.2. The van der Waals surface area contributed by atoms with Gasteiger partial charge in [-0.25, -0.2) is 4.79 Å². The number of amides is 2. The SMILES string of the molecule is CCSc1ccc(NC(=O)N2CCCN(Cc3cccnc3)CC2)cc1. The van der Waals surface area contributed by atoms with E-state index in [0.29, 0.717) is 0 Å². The van der Waals surface area contributed by atoms with Crippen LogP contribution in [0.4, 0.5) is 10.5 Å². The molecule has 1 fully saturated rings. The van der Waals surface area contributed by atoms with Crippen molar-refractivity contribution in [2.24, 2.45) is 0 Å². The summed E-state index contributed by atoms with van der Waals surface area (Å²) in [5, 5.41) is 3.02. The summed E-state index contributed by atoms with van der Waals surface area (Å²) in [6, 6.07) is 12.1. The van der Waals surface area contributed by atoms with E-state index in [1.807, 2.05) is 29.3 Å². The van der Waals surface area contributed by atoms with E-state index < -0.39 is 0 Å². The van der Waals surface area contributed by atoms with E-state index in [2.05, 4.69) is 40.3 Å². The van der Waals surface area contributed by atoms with Crippen LogP contribution in [0.15, 0.2) is 53.7 Å². The van der Waals surface area contributed by atoms with Gasteiger partial charge in [0.1, 0.15) is 0 Å². The Hall–Kier alpha value is -2.05. The van der Waals surface area contributed by atoms with Gasteiger partial charge in [-0.1, -0.05) is 13.0 Å². The molecule has 1 aliphatic heterocycles. The van der Waals surface area contributed by atoms with E-state index in [1.165, 1.54) is 10.5 Å². The van der Waals surface area contributed by atoms with E-state index >= 15 is 0 Å². The number of pyridine rings is 1. The highest BCUT2D eigenvalue weighted by molar-refractivity contribution is 7.99. The van der Waals surface area contributed by atoms with Gasteiger partial charge in [-0.2, -0.15) is 0 Å². The molecule has 1 N–H and O–H groups in total. The molecule has 6 heteroatoms. The molecule has 0 bridgehead atoms. The van der Waals surface area contributed by atoms with E-state index in [-0.39, 0.29) is 6.03 Å². The highest BCUT2D eigenvalue weighted by atomic mass is 32.2. The number of carbonyl (C=O) groups excluding carboxylic acids is 1. The van der Waals surface area contributed by atoms with E-state index in [0.717, 1.165) is 50.6 Å². The lowest BCUT2D eigenvalue weighted by Gasteiger charge is -2.22. The lowest BCUT2D eigenvalue weighted by molar-refractivity contribution is 0.211. The number of anilines is 1. The standard InChI is InChI=1S/C20H26N4OS/c1-2-26-19-8-6-18(7-9-19)22-20(25)24-12-4-11-23(13-14-24)16-17-5-3-10-21-15-17/h3,5-10,15H,2,4,11-14,16H2,1H3,(H,22,25). The lowest BCUT2D eigenvalue weighted by atomic mass is 10.2. The van der Waals surface area contributed by atoms with Crippen molar-refractivity contribution in [2.45, 2.75) is 24.8 Å². The second kappa shape index (κ2) is 9.59. The minimum Gasteiger partial charge on any atom is -0.323 e. The smallest absolute Gasteiger partial charge is 0.321 e. The maximum atomic E-state index is 12.6. The topological polar surface area (TPSA) is 48.5 Å². The number of urea groups is 1. The zero-order valence-corrected chi connectivity index (χ0v) is 16.0. The molecular weight excluding hydrogens is 344 g/mol. The highest BCUT2D eigenvalue weighted by Crippen LogP contribution is 2.20. The number of benzene rings is 1. The van der Waals surface area contributed by atoms with Gasteiger partial charge in [-0.15, -0.1) is 11.8 Å². The second-order valence-corrected chi connectivity index (χ2v) is 7.70. The molecule has 138 valence electrons. The second-order valence-electron chi connectivity index (χ2n) is 6.37. The predicted molar refractivity (Wildman–Crippen MR) is 108 cm³/mol. The summed E-state index contributed by atoms with van der Waals surface area (Å²) in [5.41, 5.74) is 2.07. The number of rotatable bonds is 5. The molecule has 1 aromatic carbocycles. The number of carbonyl (C=O) groups is 1. The summed E-state index contributed by atoms with van der Waals surface area (Å²) in [4.78, 5) is 22.3. The zero-order chi connectivity index (χ0) is 18.2. The molecule has 1 aliphatic rings. The summed E-state index contributed by atoms with van der Waals surface area (Å²) in [6.45, 7) is 6.45. The molecule has 0 saturated carbocycles. The first-order valence-corrected chi connectivity index (χ1v) is 10.1. The Morgan fingerprint density at radius 2 is 2.00 bits per heavy atom. The van der Waals surface area contributed by atoms with Crippen molar-refractivity contribution in [3.8, 4) is 0 Å². The number of nitrogens with one attached hydrogen (secondary N) is 1. The Labute approximate surface area is 159 Å². The normalized spacial score (nSPS) is 15.5. The van der Waals surface area contributed by atoms with Gasteiger partial charge in [0.15, 0.2) is 0 Å². The average molecular weight is 371 g/mol. The van der Waals surface area contributed by atoms with Crippen LogP contribution in [0, 0.1) is 0 Å². The number of aromatic nitrogens is 1. The first-order valence-electron chi connectivity index (χ1n) is 9.14. The summed E-state index contributed by atoms with van der Waals surface area (Å²) in [5.74, 6) is 1.05. The van der Waals surface area contributed by atoms with Crippen LogP contribution in [0.2, 0.25) is 0 Å². The fourth-order valence-corrected chi connectivity index (χ4v) is 3.75. The van der Waals surface area contributed by atoms with Crippen LogP contribution >= 0.6 is 11.8 Å². The molecular formula is C20H26N4OS. The maximum absolute atomic E-state index is 12.6. The molecule has 2 aromatic rings. The van der Waals surface area contributed by atoms with Crippen molar-refractivity contribution in [2.75, 3.05) is 37.2 Å². The van der Waals surface area contributed by atoms with Crippen LogP contribution in [-0.4, -0.2) is 52.7 Å². The van der Waals surface area contributed by atoms with Crippen LogP contribution < -0.4 is 5.32 Å². The fraction of sp³-hybridized carbons (Fsp3) is 0.400. The summed E-state index contributed by atoms with van der Waals surface area (Å²) in [7, 11) is 0. The van der Waals surface area contributed by atoms with E-state index in [9.17, 15) is 4.79 Å². The molecule has 0 spiro atoms. The Bertz CT molecular complexity index is 693. The summed E-state index contributed by atoms with van der Waals surface area (Å²) in [6.07, 6.45) is 4.70. The minimum atomic E-state index is -0.0101. The number of hydrogen-bond acceptors (Lipinski definition) is 4. The molecule has 0 aliphatic carbocycles. The van der Waals surface area contributed by atoms with Gasteiger partial charge in [-0.3, -0.25) is 9.88 Å². The van der Waals surface area contributed by atoms with Crippen LogP contribution in [0.1, 0.15) is 18.9 Å². The third-order valence-electron chi connectivity index (χ3n) is 4.42. The van der Waals surface area contributed by atoms with Crippen molar-refractivity contribution in [3.05, 3.63) is 54.4 Å². The van der Waals surface area contributed by atoms with E-state index in [1.54, 1.807) is 18.0 Å². The number of hydrogen-bond donors (Lipinski definition) is 1. The van der Waals surface area contributed by atoms with E-state index in [4.69, 9.17) is 0 Å². The largest absolute Gasteiger partial charge is 0.323 e. The van der Waals surface area contributed by atoms with Crippen molar-refractivity contribution in [1.29, 1.82) is 0 Å². The van der Waals surface area contributed by atoms with Crippen LogP contribution in [-0.2, 0) is 6.54 Å². The Morgan fingerprint density at radius 3 is 2.73 bits per heavy atom. The summed E-state index contributed by atoms with van der Waals surface area (Å²) < 4.78 is 0. The van der Waals surface area contributed by atoms with Gasteiger partial charge in [-0.05, 0) is 48.1 Å². The maximum Gasteiger partial charge on any atom is 0.321 e. The molecule has 5 nitrogen and oxygen atoms in total. The Morgan fingerprint density at radius 1 is 1.15 bits per heavy atom. The first kappa shape index (κ1) is 18.7. The number of nitrogens with zero attached hydrogens (tertiary/aromatic N) is 3. The van der Waals surface area contributed by atoms with Crippen molar-refractivity contribution in [3.63, 3.8) is 0 Å². The van der Waals surface area contributed by atoms with Crippen LogP contribution in [0.5, 0.6) is 0 Å². The molecule has 26 heavy (non-hydrogen) atoms. The van der Waals surface area contributed by atoms with Gasteiger partial charge in [0.2, 0.25) is 0 Å². The molecule has 2 heterocycles. The quantitative estimate of drug-likeness (QED) is 0.810. The van der Waals surface area contributed by atoms with Gasteiger partial charge < -0.3 is 10.2 Å². The average Bonchev–Trinajstić information content (AvgIpc) is 2.90. The summed E-state index contributed by atoms with van der Waals surface area (Å²) >= 11 is 1.80. The van der Waals surface area contributed by atoms with Crippen LogP contribution in [0.3, 0.4) is 0 Å². The van der Waals surface area contributed by atoms with Gasteiger partial charge in [0, 0.05) is 55.7 Å². The van der Waals surface area contributed by atoms with Crippen LogP contribution in [0.25, 0.3) is 0 Å². The third-order valence-corrected chi connectivity index (χ3v) is 5.32. The van der Waals surface area contributed by atoms with Crippen molar-refractivity contribution >= 4 is 23.5 Å². The lowest BCUT2D eigenvalue weighted by Crippen LogP contribution is -2.38. The predicted octanol–water partition coefficient (Wildman–Crippen LogP) is 3.93. The molecule has 3 rings (SSSR count). The molecule has 0 unspecified atom stereocenters. The molecule has 0 radical (unpaired) electrons. The monoisotopic (exact) mass is 370 g/mol. The Kier molecular flexibility index (Phi) is 6.91. The highest BCUT2D eigenvalue weighted by Gasteiger charge is 2.19. The fourth-order valence-electron chi connectivity index (χ4n) is 3.09. The van der Waals surface area contributed by atoms with Gasteiger partial charge in [0.05, 0.1) is 0 Å². The van der Waals surface area contributed by atoms with Crippen molar-refractivity contribution in [1.82, 2.24) is 14.8 Å². The van der Waals surface area contributed by atoms with Gasteiger partial charge >= 0.3 is 6.03 Å². The van der Waals surface area contributed by atoms with Crippen molar-refractivity contribution < 1.29 is 4.79 Å². The first-order chi connectivity index (χ1) is 12.7. The molecule has 0 atom stereocenters. The minimum absolute atomic E-state index is 0.0101. The Balaban J connectivity index is 1.50. The molecule has 1 saturated heterocycles. The molecule has 2 amide bonds. The third kappa shape index (κ3) is 5.47.